The summed E-state index contributed by atoms with van der Waals surface area (Å²) in [6, 6.07) is 6.75. The molecule has 0 atom stereocenters. The molecule has 0 aromatic heterocycles. The van der Waals surface area contributed by atoms with E-state index >= 15 is 0 Å². The molecule has 0 unspecified atom stereocenters. The number of aryl methyl sites for hydroxylation is 1. The number of hydrogen-bond donors (Lipinski definition) is 1. The predicted octanol–water partition coefficient (Wildman–Crippen LogP) is -2.53. The van der Waals surface area contributed by atoms with Crippen molar-refractivity contribution in [1.29, 1.82) is 0 Å². The maximum Gasteiger partial charge on any atom is 1.00 e. The molecule has 0 spiro atoms. The smallest absolute Gasteiger partial charge is 0.550 e. The summed E-state index contributed by atoms with van der Waals surface area (Å²) in [7, 11) is 0. The Hall–Kier alpha value is -0.510. The van der Waals surface area contributed by atoms with E-state index in [-0.39, 0.29) is 41.7 Å². The van der Waals surface area contributed by atoms with Gasteiger partial charge in [0.1, 0.15) is 5.75 Å². The number of aliphatic carboxylic acids is 1. The topological polar surface area (TPSA) is 60.4 Å². The zero-order valence-electron chi connectivity index (χ0n) is 8.19. The average molecular weight is 202 g/mol. The van der Waals surface area contributed by atoms with Gasteiger partial charge in [-0.1, -0.05) is 12.1 Å². The summed E-state index contributed by atoms with van der Waals surface area (Å²) in [6.45, 7) is 0. The van der Waals surface area contributed by atoms with Crippen molar-refractivity contribution >= 4 is 5.97 Å². The summed E-state index contributed by atoms with van der Waals surface area (Å²) in [5.41, 5.74) is 1.03. The molecule has 0 aliphatic rings. The van der Waals surface area contributed by atoms with Crippen molar-refractivity contribution in [3.05, 3.63) is 29.8 Å². The van der Waals surface area contributed by atoms with Crippen LogP contribution >= 0.6 is 0 Å². The fourth-order valence-electron chi connectivity index (χ4n) is 1.10. The van der Waals surface area contributed by atoms with E-state index < -0.39 is 5.97 Å². The molecule has 0 heterocycles. The van der Waals surface area contributed by atoms with E-state index in [1.54, 1.807) is 24.3 Å². The van der Waals surface area contributed by atoms with Gasteiger partial charge >= 0.3 is 29.6 Å². The van der Waals surface area contributed by atoms with E-state index in [2.05, 4.69) is 0 Å². The Balaban J connectivity index is 0.00000169. The molecule has 1 N–H and O–H groups in total. The normalized spacial score (nSPS) is 9.14. The second-order valence-corrected chi connectivity index (χ2v) is 2.89. The summed E-state index contributed by atoms with van der Waals surface area (Å²) in [6.07, 6.45) is 1.36. The number of rotatable bonds is 4. The van der Waals surface area contributed by atoms with Crippen LogP contribution in [-0.4, -0.2) is 11.1 Å². The molecule has 0 saturated heterocycles. The van der Waals surface area contributed by atoms with Crippen LogP contribution in [0.2, 0.25) is 0 Å². The first-order valence-corrected chi connectivity index (χ1v) is 4.16. The molecule has 4 heteroatoms. The van der Waals surface area contributed by atoms with Gasteiger partial charge in [-0.3, -0.25) is 0 Å². The van der Waals surface area contributed by atoms with E-state index in [9.17, 15) is 9.90 Å². The van der Waals surface area contributed by atoms with Crippen LogP contribution in [0.15, 0.2) is 24.3 Å². The van der Waals surface area contributed by atoms with Crippen molar-refractivity contribution < 1.29 is 44.6 Å². The van der Waals surface area contributed by atoms with E-state index in [1.807, 2.05) is 0 Å². The van der Waals surface area contributed by atoms with Crippen LogP contribution in [-0.2, 0) is 11.2 Å². The van der Waals surface area contributed by atoms with Gasteiger partial charge in [0, 0.05) is 5.97 Å². The maximum atomic E-state index is 10.1. The minimum absolute atomic E-state index is 0. The molecule has 1 aromatic carbocycles. The van der Waals surface area contributed by atoms with Crippen LogP contribution < -0.4 is 34.7 Å². The van der Waals surface area contributed by atoms with Crippen LogP contribution in [0.5, 0.6) is 5.75 Å². The number of hydrogen-bond acceptors (Lipinski definition) is 3. The van der Waals surface area contributed by atoms with Gasteiger partial charge in [-0.05, 0) is 37.0 Å². The van der Waals surface area contributed by atoms with Crippen molar-refractivity contribution in [2.75, 3.05) is 0 Å². The number of carbonyl (C=O) groups excluding carboxylic acids is 1. The van der Waals surface area contributed by atoms with Crippen molar-refractivity contribution in [3.63, 3.8) is 0 Å². The van der Waals surface area contributed by atoms with E-state index in [4.69, 9.17) is 5.11 Å². The molecule has 0 amide bonds. The van der Waals surface area contributed by atoms with Gasteiger partial charge in [0.15, 0.2) is 0 Å². The number of benzene rings is 1. The number of carbonyl (C=O) groups is 1. The minimum Gasteiger partial charge on any atom is -0.550 e. The Kier molecular flexibility index (Phi) is 6.62. The van der Waals surface area contributed by atoms with Crippen LogP contribution in [0.25, 0.3) is 0 Å². The standard InChI is InChI=1S/C10H12O3.Na/c11-9-6-4-8(5-7-9)2-1-3-10(12)13;/h4-7,11H,1-3H2,(H,12,13);/q;+1/p-1. The zero-order valence-corrected chi connectivity index (χ0v) is 10.2. The first-order chi connectivity index (χ1) is 6.18. The summed E-state index contributed by atoms with van der Waals surface area (Å²) < 4.78 is 0. The third-order valence-corrected chi connectivity index (χ3v) is 1.78. The molecule has 0 bridgehead atoms. The van der Waals surface area contributed by atoms with E-state index in [1.165, 1.54) is 0 Å². The van der Waals surface area contributed by atoms with E-state index in [0.717, 1.165) is 5.56 Å². The molecule has 3 nitrogen and oxygen atoms in total. The third kappa shape index (κ3) is 5.27. The Morgan fingerprint density at radius 2 is 1.86 bits per heavy atom. The number of carboxylic acid groups (broad SMARTS) is 1. The number of aromatic hydroxyl groups is 1. The Bertz CT molecular complexity index is 282. The van der Waals surface area contributed by atoms with Crippen LogP contribution in [0.1, 0.15) is 18.4 Å². The van der Waals surface area contributed by atoms with Crippen LogP contribution in [0.4, 0.5) is 0 Å². The molecule has 1 rings (SSSR count). The molecular formula is C10H11NaO3. The first kappa shape index (κ1) is 13.5. The van der Waals surface area contributed by atoms with Gasteiger partial charge in [-0.25, -0.2) is 0 Å². The molecular weight excluding hydrogens is 191 g/mol. The van der Waals surface area contributed by atoms with Crippen molar-refractivity contribution in [2.24, 2.45) is 0 Å². The number of phenols is 1. The Labute approximate surface area is 105 Å². The molecule has 1 aromatic rings. The van der Waals surface area contributed by atoms with E-state index in [0.29, 0.717) is 12.8 Å². The molecule has 70 valence electrons. The Morgan fingerprint density at radius 3 is 2.36 bits per heavy atom. The summed E-state index contributed by atoms with van der Waals surface area (Å²) in [4.78, 5) is 10.1. The van der Waals surface area contributed by atoms with Gasteiger partial charge in [0.2, 0.25) is 0 Å². The van der Waals surface area contributed by atoms with Gasteiger partial charge in [0.25, 0.3) is 0 Å². The second-order valence-electron chi connectivity index (χ2n) is 2.89. The molecule has 14 heavy (non-hydrogen) atoms. The number of phenolic OH excluding ortho intramolecular Hbond substituents is 1. The van der Waals surface area contributed by atoms with Gasteiger partial charge in [-0.15, -0.1) is 0 Å². The molecule has 0 aliphatic carbocycles. The quantitative estimate of drug-likeness (QED) is 0.548. The van der Waals surface area contributed by atoms with Gasteiger partial charge in [-0.2, -0.15) is 0 Å². The molecule has 0 fully saturated rings. The zero-order chi connectivity index (χ0) is 9.68. The fraction of sp³-hybridized carbons (Fsp3) is 0.300. The molecule has 0 saturated carbocycles. The minimum atomic E-state index is -1.02. The van der Waals surface area contributed by atoms with Crippen molar-refractivity contribution in [2.45, 2.75) is 19.3 Å². The Morgan fingerprint density at radius 1 is 1.29 bits per heavy atom. The maximum absolute atomic E-state index is 10.1. The molecule has 0 radical (unpaired) electrons. The largest absolute Gasteiger partial charge is 1.00 e. The SMILES string of the molecule is O=C([O-])CCCc1ccc(O)cc1.[Na+]. The monoisotopic (exact) mass is 202 g/mol. The molecule has 0 aliphatic heterocycles. The number of carboxylic acids is 1. The van der Waals surface area contributed by atoms with Crippen molar-refractivity contribution in [3.8, 4) is 5.75 Å². The van der Waals surface area contributed by atoms with Gasteiger partial charge < -0.3 is 15.0 Å². The van der Waals surface area contributed by atoms with Crippen LogP contribution in [0.3, 0.4) is 0 Å². The fourth-order valence-corrected chi connectivity index (χ4v) is 1.10. The van der Waals surface area contributed by atoms with Gasteiger partial charge in [0.05, 0.1) is 0 Å². The van der Waals surface area contributed by atoms with Crippen molar-refractivity contribution in [1.82, 2.24) is 0 Å². The summed E-state index contributed by atoms with van der Waals surface area (Å²) >= 11 is 0. The third-order valence-electron chi connectivity index (χ3n) is 1.78. The first-order valence-electron chi connectivity index (χ1n) is 4.16. The van der Waals surface area contributed by atoms with Crippen LogP contribution in [0, 0.1) is 0 Å². The predicted molar refractivity (Wildman–Crippen MR) is 46.1 cm³/mol. The summed E-state index contributed by atoms with van der Waals surface area (Å²) in [5.74, 6) is -0.789. The second kappa shape index (κ2) is 6.87. The average Bonchev–Trinajstić information content (AvgIpc) is 2.08. The summed E-state index contributed by atoms with van der Waals surface area (Å²) in [5, 5.41) is 19.1.